The minimum absolute atomic E-state index is 0.283. The van der Waals surface area contributed by atoms with Crippen molar-refractivity contribution in [1.82, 2.24) is 0 Å². The SMILES string of the molecule is CC1CCc2ccccc2N1CCCO. The maximum atomic E-state index is 8.90. The normalized spacial score (nSPS) is 20.1. The lowest BCUT2D eigenvalue weighted by Crippen LogP contribution is -2.38. The molecule has 82 valence electrons. The molecule has 0 aliphatic carbocycles. The van der Waals surface area contributed by atoms with Crippen molar-refractivity contribution in [2.45, 2.75) is 32.2 Å². The standard InChI is InChI=1S/C13H19NO/c1-11-7-8-12-5-2-3-6-13(12)14(11)9-4-10-15/h2-3,5-6,11,15H,4,7-10H2,1H3. The van der Waals surface area contributed by atoms with E-state index in [1.807, 2.05) is 0 Å². The second-order valence-electron chi connectivity index (χ2n) is 4.29. The molecule has 15 heavy (non-hydrogen) atoms. The zero-order valence-electron chi connectivity index (χ0n) is 9.32. The van der Waals surface area contributed by atoms with Crippen molar-refractivity contribution in [1.29, 1.82) is 0 Å². The number of aliphatic hydroxyl groups is 1. The van der Waals surface area contributed by atoms with Gasteiger partial charge in [-0.1, -0.05) is 18.2 Å². The maximum Gasteiger partial charge on any atom is 0.0447 e. The predicted molar refractivity (Wildman–Crippen MR) is 63.3 cm³/mol. The van der Waals surface area contributed by atoms with E-state index in [4.69, 9.17) is 5.11 Å². The van der Waals surface area contributed by atoms with Gasteiger partial charge in [0.05, 0.1) is 0 Å². The molecule has 2 nitrogen and oxygen atoms in total. The largest absolute Gasteiger partial charge is 0.396 e. The van der Waals surface area contributed by atoms with E-state index in [0.717, 1.165) is 13.0 Å². The van der Waals surface area contributed by atoms with Crippen molar-refractivity contribution in [2.24, 2.45) is 0 Å². The highest BCUT2D eigenvalue weighted by atomic mass is 16.3. The van der Waals surface area contributed by atoms with Gasteiger partial charge in [0.2, 0.25) is 0 Å². The number of nitrogens with zero attached hydrogens (tertiary/aromatic N) is 1. The van der Waals surface area contributed by atoms with E-state index in [1.165, 1.54) is 24.1 Å². The second kappa shape index (κ2) is 4.67. The van der Waals surface area contributed by atoms with Crippen LogP contribution in [-0.2, 0) is 6.42 Å². The van der Waals surface area contributed by atoms with Crippen LogP contribution in [0.2, 0.25) is 0 Å². The number of aliphatic hydroxyl groups excluding tert-OH is 1. The molecule has 0 saturated heterocycles. The number of rotatable bonds is 3. The van der Waals surface area contributed by atoms with Crippen molar-refractivity contribution in [3.05, 3.63) is 29.8 Å². The first-order valence-corrected chi connectivity index (χ1v) is 5.78. The number of hydrogen-bond donors (Lipinski definition) is 1. The Balaban J connectivity index is 2.21. The monoisotopic (exact) mass is 205 g/mol. The Labute approximate surface area is 91.5 Å². The first-order chi connectivity index (χ1) is 7.33. The second-order valence-corrected chi connectivity index (χ2v) is 4.29. The van der Waals surface area contributed by atoms with E-state index in [2.05, 4.69) is 36.1 Å². The minimum Gasteiger partial charge on any atom is -0.396 e. The topological polar surface area (TPSA) is 23.5 Å². The molecule has 0 amide bonds. The molecule has 0 fully saturated rings. The maximum absolute atomic E-state index is 8.90. The summed E-state index contributed by atoms with van der Waals surface area (Å²) in [5.41, 5.74) is 2.82. The smallest absolute Gasteiger partial charge is 0.0447 e. The molecule has 1 aromatic carbocycles. The van der Waals surface area contributed by atoms with Crippen LogP contribution < -0.4 is 4.90 Å². The molecule has 1 unspecified atom stereocenters. The van der Waals surface area contributed by atoms with Crippen molar-refractivity contribution in [2.75, 3.05) is 18.1 Å². The van der Waals surface area contributed by atoms with Gasteiger partial charge in [-0.3, -0.25) is 0 Å². The molecule has 1 atom stereocenters. The van der Waals surface area contributed by atoms with Gasteiger partial charge in [0.25, 0.3) is 0 Å². The van der Waals surface area contributed by atoms with Crippen LogP contribution in [-0.4, -0.2) is 24.3 Å². The molecule has 0 spiro atoms. The summed E-state index contributed by atoms with van der Waals surface area (Å²) in [7, 11) is 0. The fourth-order valence-electron chi connectivity index (χ4n) is 2.34. The van der Waals surface area contributed by atoms with E-state index >= 15 is 0 Å². The lowest BCUT2D eigenvalue weighted by atomic mass is 9.96. The third-order valence-corrected chi connectivity index (χ3v) is 3.22. The fourth-order valence-corrected chi connectivity index (χ4v) is 2.34. The van der Waals surface area contributed by atoms with E-state index in [-0.39, 0.29) is 6.61 Å². The highest BCUT2D eigenvalue weighted by Crippen LogP contribution is 2.30. The number of para-hydroxylation sites is 1. The van der Waals surface area contributed by atoms with E-state index in [0.29, 0.717) is 6.04 Å². The van der Waals surface area contributed by atoms with Crippen LogP contribution in [0.15, 0.2) is 24.3 Å². The van der Waals surface area contributed by atoms with Gasteiger partial charge in [0, 0.05) is 24.9 Å². The summed E-state index contributed by atoms with van der Waals surface area (Å²) in [6.07, 6.45) is 3.27. The number of fused-ring (bicyclic) bond motifs is 1. The first-order valence-electron chi connectivity index (χ1n) is 5.78. The Bertz CT molecular complexity index is 324. The van der Waals surface area contributed by atoms with Crippen molar-refractivity contribution < 1.29 is 5.11 Å². The highest BCUT2D eigenvalue weighted by Gasteiger charge is 2.21. The van der Waals surface area contributed by atoms with Gasteiger partial charge in [0.15, 0.2) is 0 Å². The zero-order valence-corrected chi connectivity index (χ0v) is 9.32. The van der Waals surface area contributed by atoms with Crippen LogP contribution in [0.4, 0.5) is 5.69 Å². The van der Waals surface area contributed by atoms with Crippen LogP contribution in [0.25, 0.3) is 0 Å². The summed E-state index contributed by atoms with van der Waals surface area (Å²) in [4.78, 5) is 2.43. The molecular formula is C13H19NO. The van der Waals surface area contributed by atoms with E-state index < -0.39 is 0 Å². The van der Waals surface area contributed by atoms with Crippen LogP contribution >= 0.6 is 0 Å². The Morgan fingerprint density at radius 2 is 2.20 bits per heavy atom. The minimum atomic E-state index is 0.283. The van der Waals surface area contributed by atoms with Crippen molar-refractivity contribution >= 4 is 5.69 Å². The number of anilines is 1. The first kappa shape index (κ1) is 10.5. The van der Waals surface area contributed by atoms with Gasteiger partial charge in [-0.2, -0.15) is 0 Å². The van der Waals surface area contributed by atoms with Crippen molar-refractivity contribution in [3.8, 4) is 0 Å². The number of benzene rings is 1. The summed E-state index contributed by atoms with van der Waals surface area (Å²) in [5, 5.41) is 8.90. The van der Waals surface area contributed by atoms with Gasteiger partial charge in [-0.25, -0.2) is 0 Å². The highest BCUT2D eigenvalue weighted by molar-refractivity contribution is 5.56. The Morgan fingerprint density at radius 1 is 1.40 bits per heavy atom. The van der Waals surface area contributed by atoms with Gasteiger partial charge in [-0.15, -0.1) is 0 Å². The van der Waals surface area contributed by atoms with Gasteiger partial charge >= 0.3 is 0 Å². The molecule has 1 N–H and O–H groups in total. The average Bonchev–Trinajstić information content (AvgIpc) is 2.28. The van der Waals surface area contributed by atoms with Gasteiger partial charge < -0.3 is 10.0 Å². The molecular weight excluding hydrogens is 186 g/mol. The summed E-state index contributed by atoms with van der Waals surface area (Å²) in [6, 6.07) is 9.23. The Hall–Kier alpha value is -1.02. The number of aryl methyl sites for hydroxylation is 1. The predicted octanol–water partition coefficient (Wildman–Crippen LogP) is 2.21. The molecule has 1 aliphatic heterocycles. The number of hydrogen-bond acceptors (Lipinski definition) is 2. The van der Waals surface area contributed by atoms with E-state index in [1.54, 1.807) is 0 Å². The van der Waals surface area contributed by atoms with Crippen LogP contribution in [0.1, 0.15) is 25.3 Å². The molecule has 1 heterocycles. The van der Waals surface area contributed by atoms with E-state index in [9.17, 15) is 0 Å². The molecule has 0 radical (unpaired) electrons. The summed E-state index contributed by atoms with van der Waals surface area (Å²) in [6.45, 7) is 3.52. The lowest BCUT2D eigenvalue weighted by Gasteiger charge is -2.37. The molecule has 1 aliphatic rings. The average molecular weight is 205 g/mol. The summed E-state index contributed by atoms with van der Waals surface area (Å²) < 4.78 is 0. The Kier molecular flexibility index (Phi) is 3.27. The quantitative estimate of drug-likeness (QED) is 0.817. The Morgan fingerprint density at radius 3 is 3.00 bits per heavy atom. The molecule has 2 rings (SSSR count). The molecule has 0 bridgehead atoms. The van der Waals surface area contributed by atoms with Crippen LogP contribution in [0.3, 0.4) is 0 Å². The molecule has 0 aromatic heterocycles. The summed E-state index contributed by atoms with van der Waals surface area (Å²) >= 11 is 0. The molecule has 1 aromatic rings. The fraction of sp³-hybridized carbons (Fsp3) is 0.538. The zero-order chi connectivity index (χ0) is 10.7. The molecule has 0 saturated carbocycles. The lowest BCUT2D eigenvalue weighted by molar-refractivity contribution is 0.287. The van der Waals surface area contributed by atoms with Gasteiger partial charge in [0.1, 0.15) is 0 Å². The van der Waals surface area contributed by atoms with Crippen molar-refractivity contribution in [3.63, 3.8) is 0 Å². The third kappa shape index (κ3) is 2.15. The third-order valence-electron chi connectivity index (χ3n) is 3.22. The van der Waals surface area contributed by atoms with Crippen LogP contribution in [0, 0.1) is 0 Å². The van der Waals surface area contributed by atoms with Crippen LogP contribution in [0.5, 0.6) is 0 Å². The molecule has 2 heteroatoms. The van der Waals surface area contributed by atoms with Gasteiger partial charge in [-0.05, 0) is 37.8 Å². The summed E-state index contributed by atoms with van der Waals surface area (Å²) in [5.74, 6) is 0.